The smallest absolute Gasteiger partial charge is 0.245 e. The molecule has 7 nitrogen and oxygen atoms in total. The Hall–Kier alpha value is -2.45. The molecule has 2 saturated heterocycles. The minimum atomic E-state index is -0.285. The molecule has 5 rings (SSSR count). The highest BCUT2D eigenvalue weighted by molar-refractivity contribution is 7.80. The van der Waals surface area contributed by atoms with Crippen molar-refractivity contribution in [1.29, 1.82) is 0 Å². The maximum absolute atomic E-state index is 13.3. The second-order valence-corrected chi connectivity index (χ2v) is 10.6. The molecule has 1 spiro atoms. The lowest BCUT2D eigenvalue weighted by Crippen LogP contribution is -2.60. The maximum Gasteiger partial charge on any atom is 0.245 e. The molecular weight excluding hydrogens is 448 g/mol. The average Bonchev–Trinajstić information content (AvgIpc) is 3.65. The van der Waals surface area contributed by atoms with E-state index in [9.17, 15) is 9.59 Å². The van der Waals surface area contributed by atoms with Crippen molar-refractivity contribution in [3.05, 3.63) is 48.0 Å². The molecule has 4 aliphatic rings. The van der Waals surface area contributed by atoms with Crippen molar-refractivity contribution < 1.29 is 14.3 Å². The zero-order chi connectivity index (χ0) is 23.9. The molecule has 0 aromatic heterocycles. The average molecular weight is 483 g/mol. The first kappa shape index (κ1) is 23.3. The van der Waals surface area contributed by atoms with Crippen LogP contribution in [0, 0.1) is 5.92 Å². The SMILES string of the molecule is C=CCO[C@H]1[C@H](NC(=O)C2CC2)c2ccccc2C12CCN(C(=O)[C@@H]1C[C@@H](C)NC(=S)N1)CC2. The predicted molar refractivity (Wildman–Crippen MR) is 134 cm³/mol. The summed E-state index contributed by atoms with van der Waals surface area (Å²) in [4.78, 5) is 28.0. The minimum absolute atomic E-state index is 0.110. The van der Waals surface area contributed by atoms with Crippen LogP contribution in [0.2, 0.25) is 0 Å². The molecule has 2 amide bonds. The lowest BCUT2D eigenvalue weighted by atomic mass is 9.71. The Morgan fingerprint density at radius 1 is 1.26 bits per heavy atom. The molecule has 1 aromatic rings. The highest BCUT2D eigenvalue weighted by Crippen LogP contribution is 2.52. The number of ether oxygens (including phenoxy) is 1. The first-order valence-electron chi connectivity index (χ1n) is 12.4. The summed E-state index contributed by atoms with van der Waals surface area (Å²) in [7, 11) is 0. The number of rotatable bonds is 6. The van der Waals surface area contributed by atoms with Crippen LogP contribution in [0.15, 0.2) is 36.9 Å². The second kappa shape index (κ2) is 9.30. The Morgan fingerprint density at radius 3 is 2.68 bits per heavy atom. The van der Waals surface area contributed by atoms with Crippen LogP contribution in [0.4, 0.5) is 0 Å². The number of hydrogen-bond acceptors (Lipinski definition) is 4. The van der Waals surface area contributed by atoms with Gasteiger partial charge in [-0.15, -0.1) is 6.58 Å². The zero-order valence-electron chi connectivity index (χ0n) is 19.7. The van der Waals surface area contributed by atoms with Crippen molar-refractivity contribution in [2.45, 2.75) is 68.7 Å². The topological polar surface area (TPSA) is 82.7 Å². The van der Waals surface area contributed by atoms with Gasteiger partial charge in [0.1, 0.15) is 6.04 Å². The van der Waals surface area contributed by atoms with Gasteiger partial charge in [-0.3, -0.25) is 9.59 Å². The summed E-state index contributed by atoms with van der Waals surface area (Å²) in [5, 5.41) is 10.2. The van der Waals surface area contributed by atoms with Gasteiger partial charge in [0.2, 0.25) is 11.8 Å². The second-order valence-electron chi connectivity index (χ2n) is 10.2. The van der Waals surface area contributed by atoms with Gasteiger partial charge in [0.05, 0.1) is 18.8 Å². The lowest BCUT2D eigenvalue weighted by molar-refractivity contribution is -0.136. The highest BCUT2D eigenvalue weighted by Gasteiger charge is 2.55. The molecule has 0 radical (unpaired) electrons. The van der Waals surface area contributed by atoms with Crippen LogP contribution in [0.1, 0.15) is 56.2 Å². The number of likely N-dealkylation sites (tertiary alicyclic amines) is 1. The fourth-order valence-corrected chi connectivity index (χ4v) is 6.36. The quantitative estimate of drug-likeness (QED) is 0.427. The number of thiocarbonyl (C=S) groups is 1. The summed E-state index contributed by atoms with van der Waals surface area (Å²) in [5.41, 5.74) is 2.14. The van der Waals surface area contributed by atoms with E-state index >= 15 is 0 Å². The van der Waals surface area contributed by atoms with Gasteiger partial charge in [-0.1, -0.05) is 30.3 Å². The van der Waals surface area contributed by atoms with Gasteiger partial charge in [-0.2, -0.15) is 0 Å². The highest BCUT2D eigenvalue weighted by atomic mass is 32.1. The summed E-state index contributed by atoms with van der Waals surface area (Å²) >= 11 is 5.28. The monoisotopic (exact) mass is 482 g/mol. The van der Waals surface area contributed by atoms with Gasteiger partial charge in [-0.05, 0) is 62.4 Å². The first-order valence-corrected chi connectivity index (χ1v) is 12.8. The number of benzene rings is 1. The molecule has 1 aromatic carbocycles. The molecular formula is C26H34N4O3S. The van der Waals surface area contributed by atoms with Gasteiger partial charge < -0.3 is 25.6 Å². The molecule has 182 valence electrons. The number of carbonyl (C=O) groups excluding carboxylic acids is 2. The number of carbonyl (C=O) groups is 2. The van der Waals surface area contributed by atoms with Gasteiger partial charge in [0, 0.05) is 30.5 Å². The lowest BCUT2D eigenvalue weighted by Gasteiger charge is -2.45. The van der Waals surface area contributed by atoms with E-state index in [-0.39, 0.29) is 47.4 Å². The number of hydrogen-bond donors (Lipinski definition) is 3. The third-order valence-corrected chi connectivity index (χ3v) is 8.09. The van der Waals surface area contributed by atoms with Crippen molar-refractivity contribution in [3.8, 4) is 0 Å². The molecule has 0 bridgehead atoms. The zero-order valence-corrected chi connectivity index (χ0v) is 20.5. The molecule has 2 heterocycles. The number of fused-ring (bicyclic) bond motifs is 2. The fraction of sp³-hybridized carbons (Fsp3) is 0.577. The Balaban J connectivity index is 1.38. The number of nitrogens with zero attached hydrogens (tertiary/aromatic N) is 1. The Morgan fingerprint density at radius 2 is 2.00 bits per heavy atom. The standard InChI is InChI=1S/C26H34N4O3S/c1-3-14-33-22-21(29-23(31)17-8-9-17)18-6-4-5-7-19(18)26(22)10-12-30(13-11-26)24(32)20-15-16(2)27-25(34)28-20/h3-7,16-17,20-22H,1,8-15H2,2H3,(H,29,31)(H2,27,28,34)/t16-,20+,21-,22+/m1/s1. The van der Waals surface area contributed by atoms with Crippen molar-refractivity contribution in [2.24, 2.45) is 5.92 Å². The third-order valence-electron chi connectivity index (χ3n) is 7.86. The summed E-state index contributed by atoms with van der Waals surface area (Å²) in [6, 6.07) is 8.09. The van der Waals surface area contributed by atoms with E-state index in [1.807, 2.05) is 17.9 Å². The number of piperidine rings is 1. The van der Waals surface area contributed by atoms with Crippen LogP contribution < -0.4 is 16.0 Å². The summed E-state index contributed by atoms with van der Waals surface area (Å²) < 4.78 is 6.41. The molecule has 3 fully saturated rings. The Labute approximate surface area is 206 Å². The summed E-state index contributed by atoms with van der Waals surface area (Å²) in [5.74, 6) is 0.368. The van der Waals surface area contributed by atoms with Crippen LogP contribution in [0.25, 0.3) is 0 Å². The van der Waals surface area contributed by atoms with E-state index in [4.69, 9.17) is 17.0 Å². The third kappa shape index (κ3) is 4.22. The van der Waals surface area contributed by atoms with E-state index in [0.717, 1.165) is 31.2 Å². The normalized spacial score (nSPS) is 29.7. The predicted octanol–water partition coefficient (Wildman–Crippen LogP) is 2.32. The summed E-state index contributed by atoms with van der Waals surface area (Å²) in [6.07, 6.45) is 5.80. The van der Waals surface area contributed by atoms with Crippen molar-refractivity contribution >= 4 is 29.1 Å². The Bertz CT molecular complexity index is 986. The maximum atomic E-state index is 13.3. The molecule has 8 heteroatoms. The number of amides is 2. The van der Waals surface area contributed by atoms with E-state index < -0.39 is 0 Å². The number of nitrogens with one attached hydrogen (secondary N) is 3. The largest absolute Gasteiger partial charge is 0.371 e. The molecule has 1 saturated carbocycles. The molecule has 2 aliphatic carbocycles. The van der Waals surface area contributed by atoms with Crippen LogP contribution in [-0.4, -0.2) is 59.7 Å². The molecule has 2 aliphatic heterocycles. The molecule has 34 heavy (non-hydrogen) atoms. The summed E-state index contributed by atoms with van der Waals surface area (Å²) in [6.45, 7) is 7.61. The van der Waals surface area contributed by atoms with Crippen LogP contribution in [0.3, 0.4) is 0 Å². The van der Waals surface area contributed by atoms with Crippen molar-refractivity contribution in [1.82, 2.24) is 20.9 Å². The van der Waals surface area contributed by atoms with Gasteiger partial charge >= 0.3 is 0 Å². The van der Waals surface area contributed by atoms with Crippen LogP contribution in [-0.2, 0) is 19.7 Å². The van der Waals surface area contributed by atoms with Gasteiger partial charge in [0.15, 0.2) is 5.11 Å². The van der Waals surface area contributed by atoms with Crippen molar-refractivity contribution in [3.63, 3.8) is 0 Å². The van der Waals surface area contributed by atoms with E-state index in [1.165, 1.54) is 5.56 Å². The fourth-order valence-electron chi connectivity index (χ4n) is 6.01. The molecule has 3 N–H and O–H groups in total. The van der Waals surface area contributed by atoms with Crippen molar-refractivity contribution in [2.75, 3.05) is 19.7 Å². The minimum Gasteiger partial charge on any atom is -0.371 e. The van der Waals surface area contributed by atoms with E-state index in [2.05, 4.69) is 40.7 Å². The van der Waals surface area contributed by atoms with Crippen LogP contribution in [0.5, 0.6) is 0 Å². The van der Waals surface area contributed by atoms with E-state index in [1.54, 1.807) is 6.08 Å². The first-order chi connectivity index (χ1) is 16.4. The molecule has 0 unspecified atom stereocenters. The van der Waals surface area contributed by atoms with E-state index in [0.29, 0.717) is 31.2 Å². The molecule has 4 atom stereocenters. The Kier molecular flexibility index (Phi) is 6.37. The van der Waals surface area contributed by atoms with Gasteiger partial charge in [-0.25, -0.2) is 0 Å². The van der Waals surface area contributed by atoms with Crippen LogP contribution >= 0.6 is 12.2 Å². The van der Waals surface area contributed by atoms with Gasteiger partial charge in [0.25, 0.3) is 0 Å².